The van der Waals surface area contributed by atoms with Gasteiger partial charge in [0.05, 0.1) is 4.90 Å². The summed E-state index contributed by atoms with van der Waals surface area (Å²) in [5.41, 5.74) is 1.68. The Morgan fingerprint density at radius 2 is 1.57 bits per heavy atom. The third-order valence-corrected chi connectivity index (χ3v) is 8.92. The quantitative estimate of drug-likeness (QED) is 0.629. The number of fused-ring (bicyclic) bond motifs is 1. The van der Waals surface area contributed by atoms with E-state index < -0.39 is 10.0 Å². The Hall–Kier alpha value is -2.62. The number of benzene rings is 2. The zero-order valence-electron chi connectivity index (χ0n) is 20.4. The van der Waals surface area contributed by atoms with E-state index in [1.807, 2.05) is 23.1 Å². The number of amides is 1. The van der Waals surface area contributed by atoms with Gasteiger partial charge >= 0.3 is 0 Å². The molecule has 3 aliphatic rings. The summed E-state index contributed by atoms with van der Waals surface area (Å²) in [6, 6.07) is 12.4. The molecule has 2 fully saturated rings. The topological polar surface area (TPSA) is 79.4 Å². The van der Waals surface area contributed by atoms with Crippen molar-refractivity contribution in [2.75, 3.05) is 46.1 Å². The molecule has 0 aliphatic carbocycles. The summed E-state index contributed by atoms with van der Waals surface area (Å²) in [5, 5.41) is 0. The number of hydrogen-bond acceptors (Lipinski definition) is 6. The van der Waals surface area contributed by atoms with E-state index in [0.29, 0.717) is 43.6 Å². The molecule has 5 rings (SSSR count). The maximum atomic E-state index is 13.1. The smallest absolute Gasteiger partial charge is 0.253 e. The molecule has 0 unspecified atom stereocenters. The van der Waals surface area contributed by atoms with Crippen LogP contribution in [0.1, 0.15) is 36.2 Å². The molecule has 188 valence electrons. The molecule has 0 radical (unpaired) electrons. The van der Waals surface area contributed by atoms with Crippen molar-refractivity contribution in [3.63, 3.8) is 0 Å². The Balaban J connectivity index is 1.17. The molecular weight excluding hydrogens is 466 g/mol. The van der Waals surface area contributed by atoms with E-state index in [1.54, 1.807) is 28.6 Å². The van der Waals surface area contributed by atoms with Crippen LogP contribution < -0.4 is 9.47 Å². The number of piperazine rings is 1. The predicted molar refractivity (Wildman–Crippen MR) is 132 cm³/mol. The molecule has 3 aliphatic heterocycles. The van der Waals surface area contributed by atoms with E-state index >= 15 is 0 Å². The number of carbonyl (C=O) groups excluding carboxylic acids is 1. The minimum Gasteiger partial charge on any atom is -0.454 e. The first-order valence-corrected chi connectivity index (χ1v) is 13.7. The molecule has 0 aromatic heterocycles. The highest BCUT2D eigenvalue weighted by molar-refractivity contribution is 7.89. The number of piperidine rings is 1. The first-order chi connectivity index (χ1) is 16.8. The fourth-order valence-electron chi connectivity index (χ4n) is 5.31. The Morgan fingerprint density at radius 1 is 0.914 bits per heavy atom. The number of nitrogens with zero attached hydrogens (tertiary/aromatic N) is 3. The predicted octanol–water partition coefficient (Wildman–Crippen LogP) is 3.04. The fourth-order valence-corrected chi connectivity index (χ4v) is 6.99. The van der Waals surface area contributed by atoms with Gasteiger partial charge in [-0.15, -0.1) is 0 Å². The van der Waals surface area contributed by atoms with E-state index in [1.165, 1.54) is 0 Å². The highest BCUT2D eigenvalue weighted by atomic mass is 32.2. The molecule has 9 heteroatoms. The van der Waals surface area contributed by atoms with E-state index in [0.717, 1.165) is 43.1 Å². The highest BCUT2D eigenvalue weighted by Gasteiger charge is 2.32. The van der Waals surface area contributed by atoms with E-state index in [-0.39, 0.29) is 17.6 Å². The lowest BCUT2D eigenvalue weighted by Crippen LogP contribution is -2.48. The Kier molecular flexibility index (Phi) is 6.74. The molecule has 1 amide bonds. The molecule has 2 aromatic carbocycles. The van der Waals surface area contributed by atoms with E-state index in [9.17, 15) is 13.2 Å². The molecule has 0 bridgehead atoms. The lowest BCUT2D eigenvalue weighted by atomic mass is 9.94. The molecule has 35 heavy (non-hydrogen) atoms. The molecule has 0 N–H and O–H groups in total. The number of hydrogen-bond donors (Lipinski definition) is 0. The van der Waals surface area contributed by atoms with Gasteiger partial charge in [0.15, 0.2) is 11.5 Å². The molecule has 8 nitrogen and oxygen atoms in total. The zero-order valence-corrected chi connectivity index (χ0v) is 21.2. The van der Waals surface area contributed by atoms with Crippen LogP contribution in [0.2, 0.25) is 0 Å². The van der Waals surface area contributed by atoms with E-state index in [4.69, 9.17) is 9.47 Å². The Morgan fingerprint density at radius 3 is 2.26 bits per heavy atom. The van der Waals surface area contributed by atoms with Gasteiger partial charge in [-0.1, -0.05) is 19.9 Å². The van der Waals surface area contributed by atoms with Crippen molar-refractivity contribution in [2.45, 2.75) is 31.7 Å². The van der Waals surface area contributed by atoms with Crippen molar-refractivity contribution in [2.24, 2.45) is 11.8 Å². The molecule has 3 heterocycles. The van der Waals surface area contributed by atoms with Gasteiger partial charge < -0.3 is 14.4 Å². The normalized spacial score (nSPS) is 23.4. The summed E-state index contributed by atoms with van der Waals surface area (Å²) in [6.07, 6.45) is 1.05. The van der Waals surface area contributed by atoms with Gasteiger partial charge in [0, 0.05) is 51.4 Å². The van der Waals surface area contributed by atoms with Crippen LogP contribution in [-0.4, -0.2) is 74.5 Å². The third-order valence-electron chi connectivity index (χ3n) is 7.08. The van der Waals surface area contributed by atoms with Gasteiger partial charge in [-0.3, -0.25) is 9.69 Å². The van der Waals surface area contributed by atoms with Gasteiger partial charge in [0.1, 0.15) is 0 Å². The maximum Gasteiger partial charge on any atom is 0.253 e. The number of sulfonamides is 1. The highest BCUT2D eigenvalue weighted by Crippen LogP contribution is 2.33. The van der Waals surface area contributed by atoms with Crippen LogP contribution in [0.5, 0.6) is 11.5 Å². The van der Waals surface area contributed by atoms with Crippen molar-refractivity contribution >= 4 is 15.9 Å². The summed E-state index contributed by atoms with van der Waals surface area (Å²) in [5.74, 6) is 2.20. The van der Waals surface area contributed by atoms with E-state index in [2.05, 4.69) is 18.7 Å². The lowest BCUT2D eigenvalue weighted by Gasteiger charge is -2.35. The van der Waals surface area contributed by atoms with Crippen molar-refractivity contribution in [1.29, 1.82) is 0 Å². The first kappa shape index (κ1) is 24.1. The average Bonchev–Trinajstić information content (AvgIpc) is 3.31. The van der Waals surface area contributed by atoms with Crippen molar-refractivity contribution in [3.05, 3.63) is 53.6 Å². The van der Waals surface area contributed by atoms with Crippen LogP contribution in [0.15, 0.2) is 47.4 Å². The standard InChI is InChI=1S/C26H33N3O5S/c1-19-13-20(2)16-29(15-19)35(31,32)23-6-4-22(5-7-23)26(30)28-11-9-27(10-12-28)17-21-3-8-24-25(14-21)34-18-33-24/h3-8,14,19-20H,9-13,15-18H2,1-2H3/t19-,20+. The SMILES string of the molecule is C[C@@H]1C[C@H](C)CN(S(=O)(=O)c2ccc(C(=O)N3CCN(Cc4ccc5c(c4)OCO5)CC3)cc2)C1. The first-order valence-electron chi connectivity index (χ1n) is 12.3. The van der Waals surface area contributed by atoms with Crippen molar-refractivity contribution < 1.29 is 22.7 Å². The van der Waals surface area contributed by atoms with Gasteiger partial charge in [0.2, 0.25) is 16.8 Å². The molecule has 0 spiro atoms. The van der Waals surface area contributed by atoms with Crippen molar-refractivity contribution in [1.82, 2.24) is 14.1 Å². The van der Waals surface area contributed by atoms with Crippen LogP contribution in [0.4, 0.5) is 0 Å². The van der Waals surface area contributed by atoms with Crippen molar-refractivity contribution in [3.8, 4) is 11.5 Å². The molecule has 2 atom stereocenters. The van der Waals surface area contributed by atoms with Gasteiger partial charge in [-0.05, 0) is 60.2 Å². The number of rotatable bonds is 5. The van der Waals surface area contributed by atoms with Crippen LogP contribution in [0.25, 0.3) is 0 Å². The summed E-state index contributed by atoms with van der Waals surface area (Å²) in [4.78, 5) is 17.5. The summed E-state index contributed by atoms with van der Waals surface area (Å²) < 4.78 is 38.7. The van der Waals surface area contributed by atoms with Crippen LogP contribution in [0, 0.1) is 11.8 Å². The fraction of sp³-hybridized carbons (Fsp3) is 0.500. The van der Waals surface area contributed by atoms with Gasteiger partial charge in [-0.2, -0.15) is 4.31 Å². The third kappa shape index (κ3) is 5.17. The number of carbonyl (C=O) groups is 1. The second kappa shape index (κ2) is 9.79. The molecule has 0 saturated carbocycles. The van der Waals surface area contributed by atoms with Crippen LogP contribution in [-0.2, 0) is 16.6 Å². The second-order valence-corrected chi connectivity index (χ2v) is 12.0. The minimum atomic E-state index is -3.55. The van der Waals surface area contributed by atoms with Gasteiger partial charge in [-0.25, -0.2) is 8.42 Å². The molecule has 2 saturated heterocycles. The lowest BCUT2D eigenvalue weighted by molar-refractivity contribution is 0.0628. The zero-order chi connectivity index (χ0) is 24.6. The maximum absolute atomic E-state index is 13.1. The summed E-state index contributed by atoms with van der Waals surface area (Å²) >= 11 is 0. The molecule has 2 aromatic rings. The second-order valence-electron chi connectivity index (χ2n) is 10.0. The van der Waals surface area contributed by atoms with Gasteiger partial charge in [0.25, 0.3) is 5.91 Å². The Bertz CT molecular complexity index is 1170. The largest absolute Gasteiger partial charge is 0.454 e. The minimum absolute atomic E-state index is 0.0584. The Labute approximate surface area is 207 Å². The summed E-state index contributed by atoms with van der Waals surface area (Å²) in [7, 11) is -3.55. The number of ether oxygens (including phenoxy) is 2. The monoisotopic (exact) mass is 499 g/mol. The van der Waals surface area contributed by atoms with Crippen LogP contribution in [0.3, 0.4) is 0 Å². The molecular formula is C26H33N3O5S. The summed E-state index contributed by atoms with van der Waals surface area (Å²) in [6.45, 7) is 9.15. The van der Waals surface area contributed by atoms with Crippen LogP contribution >= 0.6 is 0 Å². The average molecular weight is 500 g/mol.